The minimum absolute atomic E-state index is 0. The first kappa shape index (κ1) is 21.9. The molecule has 4 rings (SSSR count). The number of aromatic nitrogens is 3. The van der Waals surface area contributed by atoms with Gasteiger partial charge in [-0.3, -0.25) is 9.78 Å². The molecule has 6 nitrogen and oxygen atoms in total. The number of carbonyl (C=O) groups excluding carboxylic acids is 1. The summed E-state index contributed by atoms with van der Waals surface area (Å²) in [6.07, 6.45) is 7.31. The molecular weight excluding hydrogens is 397 g/mol. The van der Waals surface area contributed by atoms with Crippen LogP contribution in [0.3, 0.4) is 0 Å². The standard InChI is InChI=1S/C20H21N5O.2ClH/c26-20(23-16-7-5-11-22-13-16)18-14-25(17-8-2-1-3-9-17)24-19(18)15-6-4-10-21-12-15;;/h1-4,6,8-10,12,14,16,22H,5,7,11,13H2,(H,23,26);2*1H/t16-;;/m0../s1. The molecule has 1 aromatic carbocycles. The van der Waals surface area contributed by atoms with Crippen molar-refractivity contribution in [1.29, 1.82) is 0 Å². The number of halogens is 2. The largest absolute Gasteiger partial charge is 0.348 e. The van der Waals surface area contributed by atoms with Crippen molar-refractivity contribution < 1.29 is 4.79 Å². The Morgan fingerprint density at radius 1 is 1.14 bits per heavy atom. The van der Waals surface area contributed by atoms with Crippen LogP contribution in [-0.4, -0.2) is 39.8 Å². The Morgan fingerprint density at radius 3 is 2.64 bits per heavy atom. The predicted molar refractivity (Wildman–Crippen MR) is 115 cm³/mol. The zero-order valence-electron chi connectivity index (χ0n) is 15.2. The zero-order valence-corrected chi connectivity index (χ0v) is 16.9. The van der Waals surface area contributed by atoms with Crippen LogP contribution in [0, 0.1) is 0 Å². The number of nitrogens with one attached hydrogen (secondary N) is 2. The monoisotopic (exact) mass is 419 g/mol. The topological polar surface area (TPSA) is 71.8 Å². The number of para-hydroxylation sites is 1. The van der Waals surface area contributed by atoms with Crippen molar-refractivity contribution >= 4 is 30.7 Å². The van der Waals surface area contributed by atoms with Crippen LogP contribution in [0.1, 0.15) is 23.2 Å². The molecular formula is C20H23Cl2N5O. The van der Waals surface area contributed by atoms with E-state index in [0.29, 0.717) is 11.3 Å². The number of hydrogen-bond donors (Lipinski definition) is 2. The van der Waals surface area contributed by atoms with Crippen LogP contribution in [0.15, 0.2) is 61.1 Å². The molecule has 8 heteroatoms. The van der Waals surface area contributed by atoms with Gasteiger partial charge in [-0.1, -0.05) is 18.2 Å². The van der Waals surface area contributed by atoms with Crippen LogP contribution in [0.2, 0.25) is 0 Å². The lowest BCUT2D eigenvalue weighted by molar-refractivity contribution is 0.0931. The summed E-state index contributed by atoms with van der Waals surface area (Å²) in [7, 11) is 0. The van der Waals surface area contributed by atoms with E-state index in [9.17, 15) is 4.79 Å². The fourth-order valence-electron chi connectivity index (χ4n) is 3.21. The first-order chi connectivity index (χ1) is 12.8. The highest BCUT2D eigenvalue weighted by molar-refractivity contribution is 6.00. The van der Waals surface area contributed by atoms with Crippen LogP contribution in [-0.2, 0) is 0 Å². The van der Waals surface area contributed by atoms with Gasteiger partial charge in [-0.2, -0.15) is 5.10 Å². The maximum atomic E-state index is 12.9. The van der Waals surface area contributed by atoms with Crippen LogP contribution < -0.4 is 10.6 Å². The molecule has 28 heavy (non-hydrogen) atoms. The third-order valence-corrected chi connectivity index (χ3v) is 4.55. The third-order valence-electron chi connectivity index (χ3n) is 4.55. The maximum absolute atomic E-state index is 12.9. The summed E-state index contributed by atoms with van der Waals surface area (Å²) in [5, 5.41) is 11.1. The van der Waals surface area contributed by atoms with Gasteiger partial charge in [0.05, 0.1) is 11.3 Å². The van der Waals surface area contributed by atoms with Crippen LogP contribution in [0.25, 0.3) is 16.9 Å². The summed E-state index contributed by atoms with van der Waals surface area (Å²) in [6.45, 7) is 1.82. The van der Waals surface area contributed by atoms with E-state index in [0.717, 1.165) is 37.2 Å². The van der Waals surface area contributed by atoms with Crippen molar-refractivity contribution in [2.45, 2.75) is 18.9 Å². The number of piperidine rings is 1. The van der Waals surface area contributed by atoms with Crippen molar-refractivity contribution in [3.05, 3.63) is 66.6 Å². The van der Waals surface area contributed by atoms with E-state index in [4.69, 9.17) is 0 Å². The van der Waals surface area contributed by atoms with E-state index < -0.39 is 0 Å². The van der Waals surface area contributed by atoms with Gasteiger partial charge in [0.1, 0.15) is 5.69 Å². The molecule has 0 bridgehead atoms. The molecule has 0 aliphatic carbocycles. The summed E-state index contributed by atoms with van der Waals surface area (Å²) in [6, 6.07) is 13.7. The van der Waals surface area contributed by atoms with E-state index in [2.05, 4.69) is 20.7 Å². The summed E-state index contributed by atoms with van der Waals surface area (Å²) in [5.41, 5.74) is 2.95. The van der Waals surface area contributed by atoms with Gasteiger partial charge in [0.2, 0.25) is 0 Å². The van der Waals surface area contributed by atoms with Gasteiger partial charge in [0.15, 0.2) is 0 Å². The average molecular weight is 420 g/mol. The maximum Gasteiger partial charge on any atom is 0.255 e. The molecule has 148 valence electrons. The number of amides is 1. The van der Waals surface area contributed by atoms with E-state index in [1.807, 2.05) is 42.5 Å². The van der Waals surface area contributed by atoms with Crippen molar-refractivity contribution in [3.63, 3.8) is 0 Å². The fourth-order valence-corrected chi connectivity index (χ4v) is 3.21. The average Bonchev–Trinajstić information content (AvgIpc) is 3.16. The molecule has 0 radical (unpaired) electrons. The minimum Gasteiger partial charge on any atom is -0.348 e. The van der Waals surface area contributed by atoms with Gasteiger partial charge in [-0.15, -0.1) is 24.8 Å². The molecule has 0 unspecified atom stereocenters. The van der Waals surface area contributed by atoms with Gasteiger partial charge in [-0.05, 0) is 43.7 Å². The Kier molecular flexibility index (Phi) is 7.99. The Morgan fingerprint density at radius 2 is 1.96 bits per heavy atom. The number of pyridine rings is 1. The zero-order chi connectivity index (χ0) is 17.8. The normalized spacial score (nSPS) is 15.8. The molecule has 0 spiro atoms. The van der Waals surface area contributed by atoms with Gasteiger partial charge < -0.3 is 10.6 Å². The number of benzene rings is 1. The molecule has 3 heterocycles. The van der Waals surface area contributed by atoms with Crippen molar-refractivity contribution in [1.82, 2.24) is 25.4 Å². The Bertz CT molecular complexity index is 880. The first-order valence-electron chi connectivity index (χ1n) is 8.88. The lowest BCUT2D eigenvalue weighted by Gasteiger charge is -2.23. The molecule has 2 N–H and O–H groups in total. The van der Waals surface area contributed by atoms with E-state index in [1.165, 1.54) is 0 Å². The highest BCUT2D eigenvalue weighted by Gasteiger charge is 2.22. The minimum atomic E-state index is -0.0975. The molecule has 1 amide bonds. The van der Waals surface area contributed by atoms with Crippen molar-refractivity contribution in [3.8, 4) is 16.9 Å². The van der Waals surface area contributed by atoms with Gasteiger partial charge in [-0.25, -0.2) is 4.68 Å². The Balaban J connectivity index is 0.00000140. The highest BCUT2D eigenvalue weighted by Crippen LogP contribution is 2.23. The van der Waals surface area contributed by atoms with E-state index >= 15 is 0 Å². The molecule has 1 atom stereocenters. The summed E-state index contributed by atoms with van der Waals surface area (Å²) in [5.74, 6) is -0.0975. The lowest BCUT2D eigenvalue weighted by atomic mass is 10.1. The van der Waals surface area contributed by atoms with Gasteiger partial charge in [0.25, 0.3) is 5.91 Å². The molecule has 1 saturated heterocycles. The van der Waals surface area contributed by atoms with Crippen molar-refractivity contribution in [2.24, 2.45) is 0 Å². The van der Waals surface area contributed by atoms with Crippen LogP contribution in [0.4, 0.5) is 0 Å². The number of carbonyl (C=O) groups is 1. The highest BCUT2D eigenvalue weighted by atomic mass is 35.5. The second-order valence-electron chi connectivity index (χ2n) is 6.43. The van der Waals surface area contributed by atoms with Gasteiger partial charge >= 0.3 is 0 Å². The summed E-state index contributed by atoms with van der Waals surface area (Å²) in [4.78, 5) is 17.1. The quantitative estimate of drug-likeness (QED) is 0.680. The number of rotatable bonds is 4. The van der Waals surface area contributed by atoms with Crippen LogP contribution >= 0.6 is 24.8 Å². The van der Waals surface area contributed by atoms with E-state index in [-0.39, 0.29) is 36.8 Å². The smallest absolute Gasteiger partial charge is 0.255 e. The predicted octanol–water partition coefficient (Wildman–Crippen LogP) is 3.26. The number of hydrogen-bond acceptors (Lipinski definition) is 4. The first-order valence-corrected chi connectivity index (χ1v) is 8.88. The molecule has 1 aliphatic rings. The van der Waals surface area contributed by atoms with Crippen LogP contribution in [0.5, 0.6) is 0 Å². The molecule has 2 aromatic heterocycles. The molecule has 1 aliphatic heterocycles. The number of nitrogens with zero attached hydrogens (tertiary/aromatic N) is 3. The molecule has 0 saturated carbocycles. The Labute approximate surface area is 176 Å². The van der Waals surface area contributed by atoms with Crippen molar-refractivity contribution in [2.75, 3.05) is 13.1 Å². The molecule has 3 aromatic rings. The SMILES string of the molecule is Cl.Cl.O=C(N[C@H]1CCCNC1)c1cn(-c2ccccc2)nc1-c1cccnc1. The molecule has 1 fully saturated rings. The van der Waals surface area contributed by atoms with E-state index in [1.54, 1.807) is 23.3 Å². The third kappa shape index (κ3) is 4.90. The lowest BCUT2D eigenvalue weighted by Crippen LogP contribution is -2.45. The Hall–Kier alpha value is -2.41. The second-order valence-corrected chi connectivity index (χ2v) is 6.43. The fraction of sp³-hybridized carbons (Fsp3) is 0.250. The second kappa shape index (κ2) is 10.2. The summed E-state index contributed by atoms with van der Waals surface area (Å²) < 4.78 is 1.75. The summed E-state index contributed by atoms with van der Waals surface area (Å²) >= 11 is 0. The van der Waals surface area contributed by atoms with Gasteiger partial charge in [0, 0.05) is 36.7 Å².